The average molecular weight is 248 g/mol. The topological polar surface area (TPSA) is 35.5 Å². The highest BCUT2D eigenvalue weighted by Gasteiger charge is 2.21. The second-order valence-corrected chi connectivity index (χ2v) is 5.14. The largest absolute Gasteiger partial charge is 0.496 e. The van der Waals surface area contributed by atoms with E-state index in [4.69, 9.17) is 4.74 Å². The van der Waals surface area contributed by atoms with E-state index >= 15 is 0 Å². The van der Waals surface area contributed by atoms with E-state index in [9.17, 15) is 4.79 Å². The Kier molecular flexibility index (Phi) is 4.17. The molecule has 1 aromatic carbocycles. The van der Waals surface area contributed by atoms with Gasteiger partial charge in [0, 0.05) is 5.56 Å². The lowest BCUT2D eigenvalue weighted by Gasteiger charge is -2.23. The Morgan fingerprint density at radius 1 is 1.22 bits per heavy atom. The first-order chi connectivity index (χ1) is 8.31. The zero-order valence-electron chi connectivity index (χ0n) is 11.7. The smallest absolute Gasteiger partial charge is 0.337 e. The van der Waals surface area contributed by atoms with Gasteiger partial charge in [0.05, 0.1) is 19.8 Å². The van der Waals surface area contributed by atoms with Crippen LogP contribution in [0.1, 0.15) is 31.9 Å². The molecule has 1 rings (SSSR count). The van der Waals surface area contributed by atoms with Gasteiger partial charge < -0.3 is 9.47 Å². The van der Waals surface area contributed by atoms with Gasteiger partial charge in [-0.15, -0.1) is 0 Å². The van der Waals surface area contributed by atoms with Crippen LogP contribution in [0.3, 0.4) is 0 Å². The molecule has 1 aromatic rings. The lowest BCUT2D eigenvalue weighted by Crippen LogP contribution is -2.14. The monoisotopic (exact) mass is 248 g/mol. The Hall–Kier alpha value is -1.77. The van der Waals surface area contributed by atoms with Crippen LogP contribution in [0.4, 0.5) is 0 Å². The van der Waals surface area contributed by atoms with E-state index in [0.717, 1.165) is 16.9 Å². The highest BCUT2D eigenvalue weighted by atomic mass is 16.5. The molecule has 0 N–H and O–H groups in total. The first kappa shape index (κ1) is 14.3. The molecule has 0 heterocycles. The van der Waals surface area contributed by atoms with E-state index in [-0.39, 0.29) is 5.41 Å². The van der Waals surface area contributed by atoms with E-state index in [2.05, 4.69) is 32.1 Å². The summed E-state index contributed by atoms with van der Waals surface area (Å²) in [6.07, 6.45) is 0. The molecule has 0 aliphatic heterocycles. The predicted molar refractivity (Wildman–Crippen MR) is 72.7 cm³/mol. The molecule has 0 amide bonds. The van der Waals surface area contributed by atoms with Crippen molar-refractivity contribution in [1.29, 1.82) is 0 Å². The van der Waals surface area contributed by atoms with Gasteiger partial charge in [0.1, 0.15) is 5.75 Å². The van der Waals surface area contributed by atoms with E-state index in [1.165, 1.54) is 7.11 Å². The second-order valence-electron chi connectivity index (χ2n) is 5.14. The molecule has 3 heteroatoms. The summed E-state index contributed by atoms with van der Waals surface area (Å²) in [5, 5.41) is 0. The third-order valence-electron chi connectivity index (χ3n) is 2.79. The summed E-state index contributed by atoms with van der Waals surface area (Å²) in [5.74, 6) is 0.393. The molecule has 0 aromatic heterocycles. The predicted octanol–water partition coefficient (Wildman–Crippen LogP) is 3.18. The second kappa shape index (κ2) is 5.25. The fourth-order valence-corrected chi connectivity index (χ4v) is 1.72. The van der Waals surface area contributed by atoms with Crippen molar-refractivity contribution < 1.29 is 14.3 Å². The summed E-state index contributed by atoms with van der Waals surface area (Å²) >= 11 is 0. The molecule has 18 heavy (non-hydrogen) atoms. The highest BCUT2D eigenvalue weighted by Crippen LogP contribution is 2.33. The zero-order chi connectivity index (χ0) is 13.9. The number of carbonyl (C=O) groups is 1. The molecule has 0 spiro atoms. The van der Waals surface area contributed by atoms with E-state index in [0.29, 0.717) is 5.57 Å². The van der Waals surface area contributed by atoms with Crippen molar-refractivity contribution >= 4 is 11.5 Å². The van der Waals surface area contributed by atoms with E-state index < -0.39 is 5.97 Å². The highest BCUT2D eigenvalue weighted by molar-refractivity contribution is 6.15. The van der Waals surface area contributed by atoms with Crippen LogP contribution < -0.4 is 4.74 Å². The van der Waals surface area contributed by atoms with Gasteiger partial charge in [0.2, 0.25) is 0 Å². The minimum absolute atomic E-state index is 0.0717. The maximum Gasteiger partial charge on any atom is 0.337 e. The van der Waals surface area contributed by atoms with Crippen molar-refractivity contribution in [2.45, 2.75) is 26.2 Å². The Morgan fingerprint density at radius 3 is 2.28 bits per heavy atom. The van der Waals surface area contributed by atoms with Crippen LogP contribution in [0, 0.1) is 0 Å². The van der Waals surface area contributed by atoms with Gasteiger partial charge in [0.15, 0.2) is 0 Å². The fourth-order valence-electron chi connectivity index (χ4n) is 1.72. The number of esters is 1. The Morgan fingerprint density at radius 2 is 1.83 bits per heavy atom. The van der Waals surface area contributed by atoms with Gasteiger partial charge in [-0.2, -0.15) is 0 Å². The summed E-state index contributed by atoms with van der Waals surface area (Å²) in [5.41, 5.74) is 2.07. The molecule has 0 saturated carbocycles. The van der Waals surface area contributed by atoms with Gasteiger partial charge in [-0.3, -0.25) is 0 Å². The van der Waals surface area contributed by atoms with Gasteiger partial charge in [-0.25, -0.2) is 4.79 Å². The molecule has 0 saturated heterocycles. The third-order valence-corrected chi connectivity index (χ3v) is 2.79. The van der Waals surface area contributed by atoms with Crippen molar-refractivity contribution in [1.82, 2.24) is 0 Å². The Bertz CT molecular complexity index is 467. The van der Waals surface area contributed by atoms with Crippen LogP contribution in [0.25, 0.3) is 5.57 Å². The molecule has 0 aliphatic carbocycles. The maximum atomic E-state index is 11.5. The summed E-state index contributed by atoms with van der Waals surface area (Å²) in [6, 6.07) is 5.59. The van der Waals surface area contributed by atoms with Crippen molar-refractivity contribution in [3.8, 4) is 5.75 Å². The first-order valence-electron chi connectivity index (χ1n) is 5.77. The zero-order valence-corrected chi connectivity index (χ0v) is 11.7. The molecule has 98 valence electrons. The molecular formula is C15H20O3. The summed E-state index contributed by atoms with van der Waals surface area (Å²) in [6.45, 7) is 10.0. The maximum absolute atomic E-state index is 11.5. The number of methoxy groups -OCH3 is 2. The minimum Gasteiger partial charge on any atom is -0.496 e. The first-order valence-corrected chi connectivity index (χ1v) is 5.77. The quantitative estimate of drug-likeness (QED) is 0.609. The number of benzene rings is 1. The van der Waals surface area contributed by atoms with Crippen LogP contribution in [-0.2, 0) is 14.9 Å². The van der Waals surface area contributed by atoms with E-state index in [1.807, 2.05) is 18.2 Å². The SMILES string of the molecule is C=C(C(=O)OC)c1ccc(OC)c(C(C)(C)C)c1. The lowest BCUT2D eigenvalue weighted by atomic mass is 9.84. The fraction of sp³-hybridized carbons (Fsp3) is 0.400. The van der Waals surface area contributed by atoms with Gasteiger partial charge in [0.25, 0.3) is 0 Å². The number of hydrogen-bond donors (Lipinski definition) is 0. The van der Waals surface area contributed by atoms with Crippen LogP contribution >= 0.6 is 0 Å². The van der Waals surface area contributed by atoms with Crippen molar-refractivity contribution in [2.75, 3.05) is 14.2 Å². The minimum atomic E-state index is -0.417. The third kappa shape index (κ3) is 2.92. The number of carbonyl (C=O) groups excluding carboxylic acids is 1. The summed E-state index contributed by atoms with van der Waals surface area (Å²) < 4.78 is 10.0. The molecule has 0 aliphatic rings. The molecule has 0 fully saturated rings. The van der Waals surface area contributed by atoms with Crippen LogP contribution in [0.15, 0.2) is 24.8 Å². The van der Waals surface area contributed by atoms with Crippen molar-refractivity contribution in [2.24, 2.45) is 0 Å². The van der Waals surface area contributed by atoms with Crippen molar-refractivity contribution in [3.63, 3.8) is 0 Å². The van der Waals surface area contributed by atoms with Gasteiger partial charge in [-0.05, 0) is 23.1 Å². The van der Waals surface area contributed by atoms with Crippen LogP contribution in [0.2, 0.25) is 0 Å². The molecule has 0 unspecified atom stereocenters. The number of ether oxygens (including phenoxy) is 2. The van der Waals surface area contributed by atoms with Crippen LogP contribution in [0.5, 0.6) is 5.75 Å². The van der Waals surface area contributed by atoms with Gasteiger partial charge in [-0.1, -0.05) is 33.4 Å². The lowest BCUT2D eigenvalue weighted by molar-refractivity contribution is -0.133. The number of rotatable bonds is 3. The Balaban J connectivity index is 3.27. The summed E-state index contributed by atoms with van der Waals surface area (Å²) in [7, 11) is 2.99. The summed E-state index contributed by atoms with van der Waals surface area (Å²) in [4.78, 5) is 11.5. The van der Waals surface area contributed by atoms with Crippen molar-refractivity contribution in [3.05, 3.63) is 35.9 Å². The molecule has 0 atom stereocenters. The molecular weight excluding hydrogens is 228 g/mol. The normalized spacial score (nSPS) is 10.9. The Labute approximate surface area is 108 Å². The number of hydrogen-bond acceptors (Lipinski definition) is 3. The molecule has 0 radical (unpaired) electrons. The molecule has 3 nitrogen and oxygen atoms in total. The average Bonchev–Trinajstić information content (AvgIpc) is 2.35. The van der Waals surface area contributed by atoms with E-state index in [1.54, 1.807) is 7.11 Å². The van der Waals surface area contributed by atoms with Gasteiger partial charge >= 0.3 is 5.97 Å². The molecule has 0 bridgehead atoms. The standard InChI is InChI=1S/C15H20O3/c1-10(14(16)18-6)11-7-8-13(17-5)12(9-11)15(2,3)4/h7-9H,1H2,2-6H3. The van der Waals surface area contributed by atoms with Crippen LogP contribution in [-0.4, -0.2) is 20.2 Å².